The molecule has 3 rings (SSSR count). The number of hydrogen-bond acceptors (Lipinski definition) is 4. The van der Waals surface area contributed by atoms with Crippen molar-refractivity contribution in [2.24, 2.45) is 5.92 Å². The molecule has 1 aliphatic heterocycles. The lowest BCUT2D eigenvalue weighted by Gasteiger charge is -2.25. The molecule has 1 saturated heterocycles. The van der Waals surface area contributed by atoms with E-state index in [4.69, 9.17) is 0 Å². The van der Waals surface area contributed by atoms with Crippen LogP contribution in [0.4, 0.5) is 10.1 Å². The van der Waals surface area contributed by atoms with Crippen molar-refractivity contribution in [2.75, 3.05) is 17.2 Å². The molecule has 1 N–H and O–H groups in total. The molecule has 0 aromatic heterocycles. The van der Waals surface area contributed by atoms with Crippen molar-refractivity contribution in [1.29, 1.82) is 0 Å². The lowest BCUT2D eigenvalue weighted by atomic mass is 10.1. The number of carbonyl (C=O) groups is 3. The number of benzene rings is 1. The van der Waals surface area contributed by atoms with Crippen LogP contribution in [0.3, 0.4) is 0 Å². The van der Waals surface area contributed by atoms with Gasteiger partial charge in [-0.2, -0.15) is 0 Å². The first kappa shape index (κ1) is 17.9. The Morgan fingerprint density at radius 2 is 2.04 bits per heavy atom. The Balaban J connectivity index is 1.75. The van der Waals surface area contributed by atoms with Crippen LogP contribution in [0, 0.1) is 11.7 Å². The first-order valence-electron chi connectivity index (χ1n) is 8.55. The first-order valence-corrected chi connectivity index (χ1v) is 9.53. The molecule has 1 aromatic carbocycles. The van der Waals surface area contributed by atoms with Crippen LogP contribution in [0.2, 0.25) is 0 Å². The van der Waals surface area contributed by atoms with E-state index in [9.17, 15) is 18.8 Å². The van der Waals surface area contributed by atoms with E-state index in [1.807, 2.05) is 0 Å². The minimum Gasteiger partial charge on any atom is -0.352 e. The second-order valence-corrected chi connectivity index (χ2v) is 7.61. The maximum absolute atomic E-state index is 13.6. The number of nitrogens with zero attached hydrogens (tertiary/aromatic N) is 1. The van der Waals surface area contributed by atoms with Gasteiger partial charge in [-0.1, -0.05) is 30.7 Å². The zero-order valence-electron chi connectivity index (χ0n) is 13.9. The lowest BCUT2D eigenvalue weighted by Crippen LogP contribution is -2.45. The predicted molar refractivity (Wildman–Crippen MR) is 94.7 cm³/mol. The molecule has 1 atom stereocenters. The summed E-state index contributed by atoms with van der Waals surface area (Å²) in [7, 11) is 0. The smallest absolute Gasteiger partial charge is 0.240 e. The van der Waals surface area contributed by atoms with E-state index in [0.29, 0.717) is 11.4 Å². The molecule has 134 valence electrons. The van der Waals surface area contributed by atoms with Crippen molar-refractivity contribution in [3.8, 4) is 0 Å². The van der Waals surface area contributed by atoms with Gasteiger partial charge in [0.05, 0.1) is 5.92 Å². The van der Waals surface area contributed by atoms with E-state index in [-0.39, 0.29) is 35.9 Å². The average Bonchev–Trinajstić information content (AvgIpc) is 3.23. The summed E-state index contributed by atoms with van der Waals surface area (Å²) in [6.07, 6.45) is 4.26. The molecular formula is C18H21FN2O3S. The van der Waals surface area contributed by atoms with E-state index >= 15 is 0 Å². The Bertz CT molecular complexity index is 676. The summed E-state index contributed by atoms with van der Waals surface area (Å²) in [5.74, 6) is -1.07. The van der Waals surface area contributed by atoms with Crippen LogP contribution < -0.4 is 10.2 Å². The average molecular weight is 364 g/mol. The van der Waals surface area contributed by atoms with Crippen LogP contribution in [0.1, 0.15) is 32.1 Å². The topological polar surface area (TPSA) is 66.5 Å². The highest BCUT2D eigenvalue weighted by molar-refractivity contribution is 8.14. The molecule has 0 spiro atoms. The Morgan fingerprint density at radius 1 is 1.28 bits per heavy atom. The van der Waals surface area contributed by atoms with Crippen molar-refractivity contribution < 1.29 is 18.8 Å². The van der Waals surface area contributed by atoms with Crippen LogP contribution in [-0.2, 0) is 14.4 Å². The van der Waals surface area contributed by atoms with Crippen molar-refractivity contribution >= 4 is 34.4 Å². The van der Waals surface area contributed by atoms with Gasteiger partial charge in [0.1, 0.15) is 12.4 Å². The Hall–Kier alpha value is -1.89. The van der Waals surface area contributed by atoms with Gasteiger partial charge in [0, 0.05) is 23.9 Å². The van der Waals surface area contributed by atoms with Gasteiger partial charge in [0.25, 0.3) is 0 Å². The number of halogens is 1. The Kier molecular flexibility index (Phi) is 5.73. The molecule has 1 aliphatic carbocycles. The third-order valence-electron chi connectivity index (χ3n) is 4.62. The minimum absolute atomic E-state index is 0.0204. The second-order valence-electron chi connectivity index (χ2n) is 6.54. The molecule has 1 saturated carbocycles. The van der Waals surface area contributed by atoms with Crippen molar-refractivity contribution in [1.82, 2.24) is 5.32 Å². The first-order chi connectivity index (χ1) is 12.0. The van der Waals surface area contributed by atoms with Gasteiger partial charge in [0.2, 0.25) is 11.8 Å². The van der Waals surface area contributed by atoms with E-state index in [2.05, 4.69) is 5.32 Å². The number of amides is 2. The summed E-state index contributed by atoms with van der Waals surface area (Å²) in [6.45, 7) is -0.159. The van der Waals surface area contributed by atoms with E-state index in [1.54, 1.807) is 6.07 Å². The fourth-order valence-electron chi connectivity index (χ4n) is 3.32. The second kappa shape index (κ2) is 7.99. The van der Waals surface area contributed by atoms with E-state index in [1.165, 1.54) is 23.1 Å². The van der Waals surface area contributed by atoms with Gasteiger partial charge in [-0.25, -0.2) is 4.39 Å². The van der Waals surface area contributed by atoms with Crippen LogP contribution >= 0.6 is 11.8 Å². The number of carbonyl (C=O) groups excluding carboxylic acids is 3. The number of nitrogens with one attached hydrogen (secondary N) is 1. The van der Waals surface area contributed by atoms with Crippen LogP contribution in [0.5, 0.6) is 0 Å². The monoisotopic (exact) mass is 364 g/mol. The summed E-state index contributed by atoms with van der Waals surface area (Å²) in [5.41, 5.74) is 0.343. The van der Waals surface area contributed by atoms with E-state index in [0.717, 1.165) is 37.4 Å². The molecule has 1 heterocycles. The molecule has 1 aromatic rings. The van der Waals surface area contributed by atoms with Gasteiger partial charge >= 0.3 is 0 Å². The molecule has 25 heavy (non-hydrogen) atoms. The molecule has 2 amide bonds. The van der Waals surface area contributed by atoms with Gasteiger partial charge in [-0.15, -0.1) is 0 Å². The van der Waals surface area contributed by atoms with Crippen molar-refractivity contribution in [3.63, 3.8) is 0 Å². The van der Waals surface area contributed by atoms with Crippen LogP contribution in [0.15, 0.2) is 24.3 Å². The summed E-state index contributed by atoms with van der Waals surface area (Å²) >= 11 is 1.13. The minimum atomic E-state index is -0.469. The van der Waals surface area contributed by atoms with E-state index < -0.39 is 11.7 Å². The summed E-state index contributed by atoms with van der Waals surface area (Å²) in [4.78, 5) is 38.0. The molecule has 0 radical (unpaired) electrons. The maximum Gasteiger partial charge on any atom is 0.240 e. The van der Waals surface area contributed by atoms with Gasteiger partial charge in [-0.05, 0) is 31.0 Å². The maximum atomic E-state index is 13.6. The molecule has 0 unspecified atom stereocenters. The highest BCUT2D eigenvalue weighted by atomic mass is 32.2. The van der Waals surface area contributed by atoms with Crippen molar-refractivity contribution in [2.45, 2.75) is 38.1 Å². The SMILES string of the molecule is O=C(CN(C(=O)[C@H]1CSC(=O)C1)c1cccc(F)c1)NC1CCCC1. The van der Waals surface area contributed by atoms with Crippen LogP contribution in [-0.4, -0.2) is 35.3 Å². The molecule has 5 nitrogen and oxygen atoms in total. The van der Waals surface area contributed by atoms with Gasteiger partial charge in [0.15, 0.2) is 5.12 Å². The summed E-state index contributed by atoms with van der Waals surface area (Å²) in [5, 5.41) is 2.93. The number of rotatable bonds is 5. The molecule has 0 bridgehead atoms. The molecular weight excluding hydrogens is 343 g/mol. The fourth-order valence-corrected chi connectivity index (χ4v) is 4.29. The highest BCUT2D eigenvalue weighted by Crippen LogP contribution is 2.29. The normalized spacial score (nSPS) is 20.7. The zero-order valence-corrected chi connectivity index (χ0v) is 14.7. The predicted octanol–water partition coefficient (Wildman–Crippen LogP) is 2.50. The standard InChI is InChI=1S/C18H21FN2O3S/c19-13-4-3-7-15(9-13)21(18(24)12-8-17(23)25-11-12)10-16(22)20-14-5-1-2-6-14/h3-4,7,9,12,14H,1-2,5-6,8,10-11H2,(H,20,22)/t12-/m1/s1. The van der Waals surface area contributed by atoms with Crippen molar-refractivity contribution in [3.05, 3.63) is 30.1 Å². The fraction of sp³-hybridized carbons (Fsp3) is 0.500. The van der Waals surface area contributed by atoms with Crippen LogP contribution in [0.25, 0.3) is 0 Å². The lowest BCUT2D eigenvalue weighted by molar-refractivity contribution is -0.126. The summed E-state index contributed by atoms with van der Waals surface area (Å²) in [6, 6.07) is 5.80. The highest BCUT2D eigenvalue weighted by Gasteiger charge is 2.34. The quantitative estimate of drug-likeness (QED) is 0.872. The molecule has 2 aliphatic rings. The largest absolute Gasteiger partial charge is 0.352 e. The third kappa shape index (κ3) is 4.60. The molecule has 7 heteroatoms. The summed E-state index contributed by atoms with van der Waals surface area (Å²) < 4.78 is 13.6. The number of hydrogen-bond donors (Lipinski definition) is 1. The molecule has 2 fully saturated rings. The Morgan fingerprint density at radius 3 is 2.68 bits per heavy atom. The number of anilines is 1. The van der Waals surface area contributed by atoms with Gasteiger partial charge < -0.3 is 10.2 Å². The number of thioether (sulfide) groups is 1. The third-order valence-corrected chi connectivity index (χ3v) is 5.67. The van der Waals surface area contributed by atoms with Gasteiger partial charge in [-0.3, -0.25) is 14.4 Å². The zero-order chi connectivity index (χ0) is 17.8. The Labute approximate surface area is 150 Å².